The van der Waals surface area contributed by atoms with Gasteiger partial charge in [-0.2, -0.15) is 0 Å². The summed E-state index contributed by atoms with van der Waals surface area (Å²) in [6, 6.07) is 16.5. The molecule has 122 valence electrons. The molecule has 1 aliphatic rings. The van der Waals surface area contributed by atoms with Crippen LogP contribution in [-0.2, 0) is 0 Å². The van der Waals surface area contributed by atoms with E-state index in [0.29, 0.717) is 0 Å². The third-order valence-corrected chi connectivity index (χ3v) is 4.80. The van der Waals surface area contributed by atoms with Crippen molar-refractivity contribution < 1.29 is 0 Å². The van der Waals surface area contributed by atoms with Crippen LogP contribution in [0.25, 0.3) is 23.1 Å². The first-order valence-electron chi connectivity index (χ1n) is 8.10. The number of thiol groups is 1. The highest BCUT2D eigenvalue weighted by Crippen LogP contribution is 2.14. The number of nitrogens with one attached hydrogen (secondary N) is 4. The fraction of sp³-hybridized carbons (Fsp3) is 0. The predicted molar refractivity (Wildman–Crippen MR) is 104 cm³/mol. The Balaban J connectivity index is 1.82. The molecule has 0 spiro atoms. The van der Waals surface area contributed by atoms with Gasteiger partial charge in [0, 0.05) is 33.1 Å². The third-order valence-electron chi connectivity index (χ3n) is 4.32. The van der Waals surface area contributed by atoms with Gasteiger partial charge >= 0.3 is 0 Å². The van der Waals surface area contributed by atoms with Gasteiger partial charge in [0.2, 0.25) is 0 Å². The fourth-order valence-electron chi connectivity index (χ4n) is 3.11. The van der Waals surface area contributed by atoms with E-state index in [4.69, 9.17) is 12.6 Å². The summed E-state index contributed by atoms with van der Waals surface area (Å²) in [6.45, 7) is 0. The maximum atomic E-state index is 4.70. The lowest BCUT2D eigenvalue weighted by atomic mass is 10.3. The van der Waals surface area contributed by atoms with Crippen molar-refractivity contribution >= 4 is 35.8 Å². The summed E-state index contributed by atoms with van der Waals surface area (Å²) in [5.74, 6) is 0. The number of aromatic amines is 4. The molecule has 5 rings (SSSR count). The summed E-state index contributed by atoms with van der Waals surface area (Å²) in [4.78, 5) is 14.5. The number of hydrogen-bond donors (Lipinski definition) is 5. The summed E-state index contributed by atoms with van der Waals surface area (Å²) < 4.78 is 0. The summed E-state index contributed by atoms with van der Waals surface area (Å²) in [6.07, 6.45) is 6.27. The van der Waals surface area contributed by atoms with Gasteiger partial charge in [-0.25, -0.2) is 0 Å². The van der Waals surface area contributed by atoms with Gasteiger partial charge in [-0.05, 0) is 66.8 Å². The smallest absolute Gasteiger partial charge is 0.0541 e. The Morgan fingerprint density at radius 1 is 0.520 bits per heavy atom. The zero-order chi connectivity index (χ0) is 16.8. The molecule has 0 saturated heterocycles. The quantitative estimate of drug-likeness (QED) is 0.294. The van der Waals surface area contributed by atoms with Crippen LogP contribution in [0.3, 0.4) is 0 Å². The topological polar surface area (TPSA) is 63.2 Å². The lowest BCUT2D eigenvalue weighted by Gasteiger charge is -1.94. The molecule has 0 atom stereocenters. The van der Waals surface area contributed by atoms with Gasteiger partial charge in [0.05, 0.1) is 15.9 Å². The third kappa shape index (κ3) is 2.68. The Bertz CT molecular complexity index is 1310. The minimum atomic E-state index is 0.888. The van der Waals surface area contributed by atoms with E-state index in [1.165, 1.54) is 0 Å². The molecule has 0 saturated carbocycles. The second-order valence-corrected chi connectivity index (χ2v) is 6.62. The van der Waals surface area contributed by atoms with E-state index in [0.717, 1.165) is 49.1 Å². The molecule has 5 heteroatoms. The molecule has 1 aliphatic heterocycles. The monoisotopic (exact) mass is 344 g/mol. The number of fused-ring (bicyclic) bond motifs is 8. The minimum Gasteiger partial charge on any atom is -0.355 e. The normalized spacial score (nSPS) is 13.1. The molecule has 0 aromatic carbocycles. The number of aromatic nitrogens is 4. The van der Waals surface area contributed by atoms with Crippen LogP contribution in [-0.4, -0.2) is 19.9 Å². The van der Waals surface area contributed by atoms with Gasteiger partial charge in [0.25, 0.3) is 0 Å². The molecule has 4 nitrogen and oxygen atoms in total. The van der Waals surface area contributed by atoms with Gasteiger partial charge in [0.15, 0.2) is 0 Å². The van der Waals surface area contributed by atoms with Gasteiger partial charge in [-0.15, -0.1) is 12.6 Å². The van der Waals surface area contributed by atoms with Crippen molar-refractivity contribution in [2.24, 2.45) is 0 Å². The SMILES string of the molecule is SC1=c2ccc([nH]2)=Cc2ccc([nH]2)C=c2ccc([nH]2)=Cc2ccc1[nH]2. The van der Waals surface area contributed by atoms with E-state index >= 15 is 0 Å². The van der Waals surface area contributed by atoms with Gasteiger partial charge in [0.1, 0.15) is 0 Å². The zero-order valence-electron chi connectivity index (χ0n) is 13.3. The molecule has 25 heavy (non-hydrogen) atoms. The van der Waals surface area contributed by atoms with Crippen molar-refractivity contribution in [1.29, 1.82) is 0 Å². The van der Waals surface area contributed by atoms with Crippen molar-refractivity contribution in [1.82, 2.24) is 19.9 Å². The Kier molecular flexibility index (Phi) is 3.15. The van der Waals surface area contributed by atoms with Gasteiger partial charge < -0.3 is 19.9 Å². The van der Waals surface area contributed by atoms with E-state index in [1.54, 1.807) is 0 Å². The summed E-state index contributed by atoms with van der Waals surface area (Å²) >= 11 is 4.70. The second-order valence-electron chi connectivity index (χ2n) is 6.17. The van der Waals surface area contributed by atoms with Gasteiger partial charge in [-0.3, -0.25) is 0 Å². The van der Waals surface area contributed by atoms with Crippen molar-refractivity contribution in [2.75, 3.05) is 0 Å². The van der Waals surface area contributed by atoms with E-state index in [2.05, 4.69) is 74.6 Å². The molecule has 5 heterocycles. The van der Waals surface area contributed by atoms with Crippen molar-refractivity contribution in [2.45, 2.75) is 0 Å². The van der Waals surface area contributed by atoms with Crippen LogP contribution >= 0.6 is 12.6 Å². The molecule has 0 unspecified atom stereocenters. The van der Waals surface area contributed by atoms with Crippen LogP contribution in [0.2, 0.25) is 0 Å². The molecule has 0 amide bonds. The second kappa shape index (κ2) is 5.50. The summed E-state index contributed by atoms with van der Waals surface area (Å²) in [7, 11) is 0. The average Bonchev–Trinajstić information content (AvgIpc) is 3.36. The van der Waals surface area contributed by atoms with Crippen LogP contribution in [0.4, 0.5) is 0 Å². The highest BCUT2D eigenvalue weighted by molar-refractivity contribution is 7.90. The Labute approximate surface area is 148 Å². The first-order valence-corrected chi connectivity index (χ1v) is 8.55. The maximum Gasteiger partial charge on any atom is 0.0541 e. The fourth-order valence-corrected chi connectivity index (χ4v) is 3.37. The molecular weight excluding hydrogens is 328 g/mol. The van der Waals surface area contributed by atoms with Crippen molar-refractivity contribution in [3.8, 4) is 0 Å². The predicted octanol–water partition coefficient (Wildman–Crippen LogP) is 0.885. The molecule has 4 N–H and O–H groups in total. The van der Waals surface area contributed by atoms with E-state index < -0.39 is 0 Å². The van der Waals surface area contributed by atoms with Crippen molar-refractivity contribution in [3.63, 3.8) is 0 Å². The standard InChI is InChI=1S/C20H16N4S/c25-20-18-7-5-16(23-18)10-14-3-1-12(21-14)9-13-2-4-15(22-13)11-17-6-8-19(20)24-17/h1-11,21-25H. The van der Waals surface area contributed by atoms with Crippen LogP contribution in [0.15, 0.2) is 48.5 Å². The van der Waals surface area contributed by atoms with Crippen LogP contribution in [0, 0.1) is 0 Å². The summed E-state index contributed by atoms with van der Waals surface area (Å²) in [5, 5.41) is 4.12. The van der Waals surface area contributed by atoms with E-state index in [-0.39, 0.29) is 0 Å². The molecule has 8 bridgehead atoms. The molecule has 0 aliphatic carbocycles. The zero-order valence-corrected chi connectivity index (χ0v) is 14.2. The van der Waals surface area contributed by atoms with Gasteiger partial charge in [-0.1, -0.05) is 0 Å². The Morgan fingerprint density at radius 2 is 1.08 bits per heavy atom. The number of H-pyrrole nitrogens is 4. The molecule has 0 radical (unpaired) electrons. The molecule has 0 fully saturated rings. The van der Waals surface area contributed by atoms with Crippen LogP contribution < -0.4 is 21.4 Å². The molecule has 4 aromatic rings. The Hall–Kier alpha value is -3.05. The number of rotatable bonds is 0. The Morgan fingerprint density at radius 3 is 1.80 bits per heavy atom. The largest absolute Gasteiger partial charge is 0.355 e. The van der Waals surface area contributed by atoms with E-state index in [1.807, 2.05) is 12.1 Å². The first kappa shape index (κ1) is 14.3. The van der Waals surface area contributed by atoms with Crippen LogP contribution in [0.5, 0.6) is 0 Å². The maximum absolute atomic E-state index is 4.70. The highest BCUT2D eigenvalue weighted by atomic mass is 32.1. The summed E-state index contributed by atoms with van der Waals surface area (Å²) in [5.41, 5.74) is 4.12. The lowest BCUT2D eigenvalue weighted by molar-refractivity contribution is 1.23. The number of hydrogen-bond acceptors (Lipinski definition) is 1. The first-order chi connectivity index (χ1) is 12.2. The van der Waals surface area contributed by atoms with Crippen molar-refractivity contribution in [3.05, 3.63) is 92.7 Å². The minimum absolute atomic E-state index is 0.888. The van der Waals surface area contributed by atoms with Crippen LogP contribution in [0.1, 0.15) is 22.8 Å². The van der Waals surface area contributed by atoms with E-state index in [9.17, 15) is 0 Å². The lowest BCUT2D eigenvalue weighted by Crippen LogP contribution is -2.12. The average molecular weight is 344 g/mol. The highest BCUT2D eigenvalue weighted by Gasteiger charge is 2.03. The molecular formula is C20H16N4S. The molecule has 4 aromatic heterocycles.